The minimum absolute atomic E-state index is 0.0651. The first kappa shape index (κ1) is 27.5. The molecule has 1 amide bonds. The maximum atomic E-state index is 14.9. The molecule has 202 valence electrons. The molecule has 1 N–H and O–H groups in total. The van der Waals surface area contributed by atoms with E-state index in [2.05, 4.69) is 15.3 Å². The van der Waals surface area contributed by atoms with Crippen LogP contribution in [0.4, 0.5) is 26.3 Å². The summed E-state index contributed by atoms with van der Waals surface area (Å²) < 4.78 is 108. The summed E-state index contributed by atoms with van der Waals surface area (Å²) in [7, 11) is -4.37. The molecule has 2 heterocycles. The molecule has 1 saturated heterocycles. The van der Waals surface area contributed by atoms with Gasteiger partial charge in [-0.3, -0.25) is 4.79 Å². The van der Waals surface area contributed by atoms with Crippen molar-refractivity contribution in [1.82, 2.24) is 19.6 Å². The molecule has 1 aromatic heterocycles. The predicted molar refractivity (Wildman–Crippen MR) is 122 cm³/mol. The van der Waals surface area contributed by atoms with E-state index in [1.807, 2.05) is 0 Å². The van der Waals surface area contributed by atoms with Crippen molar-refractivity contribution in [2.45, 2.75) is 42.7 Å². The molecular weight excluding hydrogens is 538 g/mol. The molecule has 0 saturated carbocycles. The number of halogens is 6. The second-order valence-electron chi connectivity index (χ2n) is 8.95. The van der Waals surface area contributed by atoms with Crippen LogP contribution < -0.4 is 5.32 Å². The van der Waals surface area contributed by atoms with Gasteiger partial charge in [0.15, 0.2) is 0 Å². The lowest BCUT2D eigenvalue weighted by Crippen LogP contribution is -2.45. The van der Waals surface area contributed by atoms with Crippen molar-refractivity contribution in [2.24, 2.45) is 0 Å². The summed E-state index contributed by atoms with van der Waals surface area (Å²) in [5.41, 5.74) is -1.68. The molecule has 1 aliphatic rings. The predicted octanol–water partition coefficient (Wildman–Crippen LogP) is 4.25. The van der Waals surface area contributed by atoms with E-state index in [0.29, 0.717) is 4.31 Å². The van der Waals surface area contributed by atoms with Crippen molar-refractivity contribution < 1.29 is 39.6 Å². The fraction of sp³-hybridized carbons (Fsp3) is 0.292. The van der Waals surface area contributed by atoms with Crippen molar-refractivity contribution in [1.29, 1.82) is 0 Å². The van der Waals surface area contributed by atoms with Gasteiger partial charge in [0.2, 0.25) is 21.8 Å². The zero-order chi connectivity index (χ0) is 27.9. The van der Waals surface area contributed by atoms with Crippen molar-refractivity contribution in [2.75, 3.05) is 6.54 Å². The first-order valence-electron chi connectivity index (χ1n) is 11.1. The van der Waals surface area contributed by atoms with Crippen LogP contribution in [-0.4, -0.2) is 46.9 Å². The normalized spacial score (nSPS) is 20.4. The van der Waals surface area contributed by atoms with E-state index in [1.165, 1.54) is 12.1 Å². The summed E-state index contributed by atoms with van der Waals surface area (Å²) in [6, 6.07) is 5.97. The van der Waals surface area contributed by atoms with E-state index in [9.17, 15) is 39.6 Å². The largest absolute Gasteiger partial charge is 0.451 e. The van der Waals surface area contributed by atoms with Crippen molar-refractivity contribution in [3.05, 3.63) is 77.9 Å². The van der Waals surface area contributed by atoms with Gasteiger partial charge in [0.25, 0.3) is 0 Å². The van der Waals surface area contributed by atoms with Crippen LogP contribution in [0.3, 0.4) is 0 Å². The Kier molecular flexibility index (Phi) is 7.23. The number of rotatable bonds is 6. The molecule has 0 spiro atoms. The molecule has 3 aromatic rings. The number of hydrogen-bond acceptors (Lipinski definition) is 5. The van der Waals surface area contributed by atoms with E-state index in [0.717, 1.165) is 49.6 Å². The van der Waals surface area contributed by atoms with E-state index in [4.69, 9.17) is 0 Å². The Morgan fingerprint density at radius 1 is 1.08 bits per heavy atom. The van der Waals surface area contributed by atoms with Crippen LogP contribution in [0.1, 0.15) is 24.7 Å². The number of nitrogens with one attached hydrogen (secondary N) is 1. The highest BCUT2D eigenvalue weighted by atomic mass is 32.2. The molecule has 7 nitrogen and oxygen atoms in total. The summed E-state index contributed by atoms with van der Waals surface area (Å²) in [5, 5.41) is 2.40. The van der Waals surface area contributed by atoms with Gasteiger partial charge >= 0.3 is 6.18 Å². The van der Waals surface area contributed by atoms with E-state index in [1.54, 1.807) is 0 Å². The third-order valence-corrected chi connectivity index (χ3v) is 7.78. The Labute approximate surface area is 213 Å². The average Bonchev–Trinajstić information content (AvgIpc) is 3.19. The number of alkyl halides is 4. The highest BCUT2D eigenvalue weighted by Crippen LogP contribution is 2.35. The first-order valence-corrected chi connectivity index (χ1v) is 12.5. The summed E-state index contributed by atoms with van der Waals surface area (Å²) in [4.78, 5) is 19.1. The van der Waals surface area contributed by atoms with Gasteiger partial charge in [-0.15, -0.1) is 0 Å². The van der Waals surface area contributed by atoms with Gasteiger partial charge in [0, 0.05) is 43.0 Å². The summed E-state index contributed by atoms with van der Waals surface area (Å²) in [5.74, 6) is -3.66. The van der Waals surface area contributed by atoms with E-state index < -0.39 is 70.8 Å². The molecule has 0 aliphatic carbocycles. The second kappa shape index (κ2) is 9.98. The molecular formula is C24H20F6N4O3S. The highest BCUT2D eigenvalue weighted by Gasteiger charge is 2.50. The van der Waals surface area contributed by atoms with Crippen molar-refractivity contribution >= 4 is 15.9 Å². The molecule has 0 radical (unpaired) electrons. The molecule has 4 rings (SSSR count). The lowest BCUT2D eigenvalue weighted by atomic mass is 10.0. The number of benzene rings is 2. The second-order valence-corrected chi connectivity index (χ2v) is 10.8. The van der Waals surface area contributed by atoms with Crippen LogP contribution in [0, 0.1) is 11.6 Å². The van der Waals surface area contributed by atoms with Crippen LogP contribution in [-0.2, 0) is 27.5 Å². The maximum Gasteiger partial charge on any atom is 0.451 e. The van der Waals surface area contributed by atoms with Gasteiger partial charge in [0.1, 0.15) is 23.3 Å². The van der Waals surface area contributed by atoms with Crippen LogP contribution in [0.5, 0.6) is 0 Å². The van der Waals surface area contributed by atoms with Crippen molar-refractivity contribution in [3.8, 4) is 11.1 Å². The number of nitrogens with zero attached hydrogens (tertiary/aromatic N) is 3. The molecule has 2 atom stereocenters. The fourth-order valence-corrected chi connectivity index (χ4v) is 5.73. The molecule has 38 heavy (non-hydrogen) atoms. The summed E-state index contributed by atoms with van der Waals surface area (Å²) >= 11 is 0. The lowest BCUT2D eigenvalue weighted by molar-refractivity contribution is -0.145. The number of aromatic nitrogens is 2. The van der Waals surface area contributed by atoms with Gasteiger partial charge < -0.3 is 5.32 Å². The monoisotopic (exact) mass is 558 g/mol. The van der Waals surface area contributed by atoms with E-state index in [-0.39, 0.29) is 21.6 Å². The van der Waals surface area contributed by atoms with Gasteiger partial charge in [-0.05, 0) is 48.9 Å². The molecule has 0 unspecified atom stereocenters. The average molecular weight is 559 g/mol. The van der Waals surface area contributed by atoms with Crippen LogP contribution >= 0.6 is 0 Å². The maximum absolute atomic E-state index is 14.9. The molecule has 0 bridgehead atoms. The minimum Gasteiger partial charge on any atom is -0.351 e. The minimum atomic E-state index is -4.73. The van der Waals surface area contributed by atoms with E-state index >= 15 is 0 Å². The number of carbonyl (C=O) groups excluding carboxylic acids is 1. The Bertz CT molecular complexity index is 1450. The van der Waals surface area contributed by atoms with Crippen LogP contribution in [0.2, 0.25) is 0 Å². The standard InChI is InChI=1S/C24H20F6N4O3S/c1-23(27)9-20(34(13-23)38(36,37)18-5-3-17(25)4-6-18)21(35)31-10-15-8-14(2-7-19(15)26)16-11-32-22(33-12-16)24(28,29)30/h2-8,11-12,20H,9-10,13H2,1H3,(H,31,35)/t20-,23+/m0/s1. The van der Waals surface area contributed by atoms with Crippen LogP contribution in [0.25, 0.3) is 11.1 Å². The Morgan fingerprint density at radius 3 is 2.32 bits per heavy atom. The Morgan fingerprint density at radius 2 is 1.71 bits per heavy atom. The number of carbonyl (C=O) groups is 1. The van der Waals surface area contributed by atoms with Crippen LogP contribution in [0.15, 0.2) is 59.8 Å². The fourth-order valence-electron chi connectivity index (χ4n) is 4.04. The quantitative estimate of drug-likeness (QED) is 0.457. The molecule has 1 fully saturated rings. The summed E-state index contributed by atoms with van der Waals surface area (Å²) in [6.45, 7) is 0.0925. The smallest absolute Gasteiger partial charge is 0.351 e. The lowest BCUT2D eigenvalue weighted by Gasteiger charge is -2.23. The zero-order valence-corrected chi connectivity index (χ0v) is 20.5. The van der Waals surface area contributed by atoms with Crippen molar-refractivity contribution in [3.63, 3.8) is 0 Å². The third-order valence-electron chi connectivity index (χ3n) is 5.91. The van der Waals surface area contributed by atoms with Gasteiger partial charge in [-0.1, -0.05) is 6.07 Å². The van der Waals surface area contributed by atoms with Gasteiger partial charge in [-0.2, -0.15) is 17.5 Å². The van der Waals surface area contributed by atoms with Gasteiger partial charge in [0.05, 0.1) is 4.90 Å². The molecule has 2 aromatic carbocycles. The Balaban J connectivity index is 1.53. The Hall–Kier alpha value is -3.52. The number of sulfonamides is 1. The topological polar surface area (TPSA) is 92.3 Å². The first-order chi connectivity index (χ1) is 17.7. The molecule has 14 heteroatoms. The number of hydrogen-bond donors (Lipinski definition) is 1. The zero-order valence-electron chi connectivity index (χ0n) is 19.6. The third kappa shape index (κ3) is 5.80. The summed E-state index contributed by atoms with van der Waals surface area (Å²) in [6.07, 6.45) is -3.36. The SMILES string of the molecule is C[C@@]1(F)C[C@@H](C(=O)NCc2cc(-c3cnc(C(F)(F)F)nc3)ccc2F)N(S(=O)(=O)c2ccc(F)cc2)C1. The molecule has 1 aliphatic heterocycles. The van der Waals surface area contributed by atoms with Gasteiger partial charge in [-0.25, -0.2) is 31.6 Å². The highest BCUT2D eigenvalue weighted by molar-refractivity contribution is 7.89. The number of amides is 1.